The molecule has 0 unspecified atom stereocenters. The molecule has 1 aromatic rings. The maximum absolute atomic E-state index is 12.9. The highest BCUT2D eigenvalue weighted by Crippen LogP contribution is 2.31. The summed E-state index contributed by atoms with van der Waals surface area (Å²) in [6, 6.07) is 0.673. The number of hydrogen-bond donors (Lipinski definition) is 2. The van der Waals surface area contributed by atoms with Crippen LogP contribution < -0.4 is 10.9 Å². The van der Waals surface area contributed by atoms with Crippen molar-refractivity contribution in [2.75, 3.05) is 11.6 Å². The number of carbonyl (C=O) groups is 2. The van der Waals surface area contributed by atoms with Crippen molar-refractivity contribution in [1.82, 2.24) is 15.0 Å². The molecule has 2 rings (SSSR count). The molecule has 27 heavy (non-hydrogen) atoms. The van der Waals surface area contributed by atoms with E-state index < -0.39 is 29.6 Å². The van der Waals surface area contributed by atoms with Crippen molar-refractivity contribution in [3.63, 3.8) is 0 Å². The van der Waals surface area contributed by atoms with Gasteiger partial charge in [0.15, 0.2) is 0 Å². The third kappa shape index (κ3) is 5.60. The van der Waals surface area contributed by atoms with Gasteiger partial charge in [-0.2, -0.15) is 13.2 Å². The first-order chi connectivity index (χ1) is 12.7. The van der Waals surface area contributed by atoms with Gasteiger partial charge < -0.3 is 0 Å². The Labute approximate surface area is 154 Å². The minimum absolute atomic E-state index is 0.161. The Morgan fingerprint density at radius 2 is 1.96 bits per heavy atom. The van der Waals surface area contributed by atoms with Crippen molar-refractivity contribution in [3.05, 3.63) is 18.0 Å². The van der Waals surface area contributed by atoms with Crippen LogP contribution in [0.15, 0.2) is 12.3 Å². The Hall–Kier alpha value is -2.27. The summed E-state index contributed by atoms with van der Waals surface area (Å²) < 4.78 is 38.5. The van der Waals surface area contributed by atoms with Gasteiger partial charge in [0.1, 0.15) is 5.69 Å². The Bertz CT molecular complexity index is 650. The number of hydrazine groups is 1. The second-order valence-corrected chi connectivity index (χ2v) is 6.53. The molecule has 0 radical (unpaired) electrons. The van der Waals surface area contributed by atoms with Gasteiger partial charge in [0.05, 0.1) is 12.5 Å². The van der Waals surface area contributed by atoms with Gasteiger partial charge in [-0.1, -0.05) is 25.7 Å². The van der Waals surface area contributed by atoms with E-state index in [9.17, 15) is 28.0 Å². The lowest BCUT2D eigenvalue weighted by Crippen LogP contribution is -2.48. The van der Waals surface area contributed by atoms with Crippen LogP contribution in [0.25, 0.3) is 0 Å². The highest BCUT2D eigenvalue weighted by atomic mass is 19.4. The highest BCUT2D eigenvalue weighted by molar-refractivity contribution is 5.92. The number of hydrogen-bond acceptors (Lipinski definition) is 6. The van der Waals surface area contributed by atoms with Crippen LogP contribution in [-0.2, 0) is 15.8 Å². The van der Waals surface area contributed by atoms with Gasteiger partial charge in [-0.15, -0.1) is 0 Å². The zero-order valence-corrected chi connectivity index (χ0v) is 14.6. The summed E-state index contributed by atoms with van der Waals surface area (Å²) in [6.07, 6.45) is 1.50. The molecule has 1 saturated carbocycles. The minimum Gasteiger partial charge on any atom is -0.286 e. The topological polar surface area (TPSA) is 113 Å². The van der Waals surface area contributed by atoms with Crippen LogP contribution in [0.5, 0.6) is 0 Å². The fourth-order valence-corrected chi connectivity index (χ4v) is 3.29. The molecule has 0 aliphatic heterocycles. The summed E-state index contributed by atoms with van der Waals surface area (Å²) in [4.78, 5) is 30.6. The maximum atomic E-state index is 12.9. The van der Waals surface area contributed by atoms with Crippen molar-refractivity contribution in [1.29, 1.82) is 0 Å². The molecular formula is C16H22F3N5O3. The van der Waals surface area contributed by atoms with Crippen molar-refractivity contribution in [2.24, 2.45) is 17.7 Å². The van der Waals surface area contributed by atoms with E-state index in [4.69, 9.17) is 5.84 Å². The lowest BCUT2D eigenvalue weighted by atomic mass is 9.85. The average Bonchev–Trinajstić information content (AvgIpc) is 2.93. The van der Waals surface area contributed by atoms with Gasteiger partial charge in [0, 0.05) is 6.20 Å². The summed E-state index contributed by atoms with van der Waals surface area (Å²) >= 11 is 0. The quantitative estimate of drug-likeness (QED) is 0.192. The molecule has 0 saturated heterocycles. The van der Waals surface area contributed by atoms with Gasteiger partial charge in [-0.3, -0.25) is 14.8 Å². The molecule has 8 nitrogen and oxygen atoms in total. The maximum Gasteiger partial charge on any atom is 0.433 e. The molecular weight excluding hydrogens is 367 g/mol. The summed E-state index contributed by atoms with van der Waals surface area (Å²) in [7, 11) is 0. The molecule has 1 aromatic heterocycles. The number of nitrogens with two attached hydrogens (primary N) is 1. The van der Waals surface area contributed by atoms with E-state index in [1.54, 1.807) is 0 Å². The third-order valence-electron chi connectivity index (χ3n) is 4.68. The number of carbonyl (C=O) groups excluding carboxylic acids is 2. The molecule has 1 heterocycles. The lowest BCUT2D eigenvalue weighted by Gasteiger charge is -2.29. The van der Waals surface area contributed by atoms with E-state index >= 15 is 0 Å². The third-order valence-corrected chi connectivity index (χ3v) is 4.68. The van der Waals surface area contributed by atoms with Crippen LogP contribution in [0.2, 0.25) is 0 Å². The van der Waals surface area contributed by atoms with Gasteiger partial charge in [-0.05, 0) is 24.8 Å². The Morgan fingerprint density at radius 3 is 2.52 bits per heavy atom. The second-order valence-electron chi connectivity index (χ2n) is 6.53. The number of hydroxylamine groups is 2. The summed E-state index contributed by atoms with van der Waals surface area (Å²) in [5.41, 5.74) is -1.22. The number of nitrogens with zero attached hydrogens (tertiary/aromatic N) is 4. The normalized spacial score (nSPS) is 17.1. The fraction of sp³-hybridized carbons (Fsp3) is 0.625. The zero-order valence-electron chi connectivity index (χ0n) is 14.6. The first-order valence-electron chi connectivity index (χ1n) is 8.63. The van der Waals surface area contributed by atoms with Crippen LogP contribution in [0.1, 0.15) is 44.2 Å². The molecule has 0 aromatic carbocycles. The van der Waals surface area contributed by atoms with E-state index in [0.29, 0.717) is 29.0 Å². The number of halogens is 3. The van der Waals surface area contributed by atoms with Crippen LogP contribution in [0.3, 0.4) is 0 Å². The SMILES string of the molecule is NN(C(=O)[C@H](CN(O)C=O)C1CCCCCC1)c1nccc(C(F)(F)F)n1. The molecule has 11 heteroatoms. The first kappa shape index (κ1) is 21.0. The van der Waals surface area contributed by atoms with Crippen LogP contribution >= 0.6 is 0 Å². The number of rotatable bonds is 6. The summed E-state index contributed by atoms with van der Waals surface area (Å²) in [5.74, 6) is 3.34. The molecule has 0 spiro atoms. The largest absolute Gasteiger partial charge is 0.433 e. The van der Waals surface area contributed by atoms with Crippen molar-refractivity contribution in [2.45, 2.75) is 44.7 Å². The molecule has 1 aliphatic carbocycles. The van der Waals surface area contributed by atoms with Crippen LogP contribution in [0, 0.1) is 11.8 Å². The van der Waals surface area contributed by atoms with Gasteiger partial charge in [0.2, 0.25) is 18.3 Å². The molecule has 0 bridgehead atoms. The van der Waals surface area contributed by atoms with Crippen molar-refractivity contribution >= 4 is 18.3 Å². The minimum atomic E-state index is -4.71. The molecule has 1 atom stereocenters. The number of anilines is 1. The molecule has 3 N–H and O–H groups in total. The van der Waals surface area contributed by atoms with Crippen molar-refractivity contribution < 1.29 is 28.0 Å². The standard InChI is InChI=1S/C16H22F3N5O3/c17-16(18,19)13-7-8-21-15(22-13)24(20)14(26)12(9-23(27)10-25)11-5-3-1-2-4-6-11/h7-8,10-12,27H,1-6,9,20H2/t12-/m1/s1. The number of alkyl halides is 3. The monoisotopic (exact) mass is 389 g/mol. The molecule has 1 fully saturated rings. The van der Waals surface area contributed by atoms with Crippen LogP contribution in [0.4, 0.5) is 19.1 Å². The zero-order chi connectivity index (χ0) is 20.0. The lowest BCUT2D eigenvalue weighted by molar-refractivity contribution is -0.155. The number of amides is 2. The van der Waals surface area contributed by atoms with Gasteiger partial charge in [0.25, 0.3) is 0 Å². The van der Waals surface area contributed by atoms with E-state index in [2.05, 4.69) is 9.97 Å². The van der Waals surface area contributed by atoms with E-state index in [-0.39, 0.29) is 18.9 Å². The average molecular weight is 389 g/mol. The van der Waals surface area contributed by atoms with Gasteiger partial charge >= 0.3 is 6.18 Å². The summed E-state index contributed by atoms with van der Waals surface area (Å²) in [5, 5.41) is 10.4. The van der Waals surface area contributed by atoms with Crippen molar-refractivity contribution in [3.8, 4) is 0 Å². The molecule has 2 amide bonds. The Morgan fingerprint density at radius 1 is 1.33 bits per heavy atom. The van der Waals surface area contributed by atoms with Crippen LogP contribution in [-0.4, -0.2) is 39.1 Å². The Kier molecular flexibility index (Phi) is 7.08. The Balaban J connectivity index is 2.26. The summed E-state index contributed by atoms with van der Waals surface area (Å²) in [6.45, 7) is -0.306. The molecule has 150 valence electrons. The van der Waals surface area contributed by atoms with E-state index in [1.165, 1.54) is 0 Å². The number of aromatic nitrogens is 2. The second kappa shape index (κ2) is 9.09. The van der Waals surface area contributed by atoms with E-state index in [0.717, 1.165) is 31.9 Å². The van der Waals surface area contributed by atoms with E-state index in [1.807, 2.05) is 0 Å². The highest BCUT2D eigenvalue weighted by Gasteiger charge is 2.36. The predicted octanol–water partition coefficient (Wildman–Crippen LogP) is 2.14. The molecule has 1 aliphatic rings. The predicted molar refractivity (Wildman–Crippen MR) is 87.9 cm³/mol. The first-order valence-corrected chi connectivity index (χ1v) is 8.63. The fourth-order valence-electron chi connectivity index (χ4n) is 3.29. The smallest absolute Gasteiger partial charge is 0.286 e. The van der Waals surface area contributed by atoms with Gasteiger partial charge in [-0.25, -0.2) is 25.9 Å².